The van der Waals surface area contributed by atoms with Crippen molar-refractivity contribution >= 4 is 23.0 Å². The maximum absolute atomic E-state index is 12.1. The molecule has 27 heavy (non-hydrogen) atoms. The van der Waals surface area contributed by atoms with Gasteiger partial charge in [-0.2, -0.15) is 0 Å². The standard InChI is InChI=1S/C20H29N5O2/c1-4-21-20(25-12-8-9-15(14-25)19(26)27-5-2)22-13-18-23-16-10-6-7-11-17(16)24(18)3/h6-7,10-11,15H,4-5,8-9,12-14H2,1-3H3,(H,21,22). The van der Waals surface area contributed by atoms with E-state index in [4.69, 9.17) is 14.7 Å². The van der Waals surface area contributed by atoms with Gasteiger partial charge >= 0.3 is 5.97 Å². The van der Waals surface area contributed by atoms with Crippen molar-refractivity contribution < 1.29 is 9.53 Å². The number of rotatable bonds is 5. The highest BCUT2D eigenvalue weighted by Crippen LogP contribution is 2.19. The molecule has 1 aliphatic rings. The molecule has 3 rings (SSSR count). The summed E-state index contributed by atoms with van der Waals surface area (Å²) in [5.74, 6) is 1.57. The lowest BCUT2D eigenvalue weighted by Gasteiger charge is -2.34. The van der Waals surface area contributed by atoms with Gasteiger partial charge in [-0.15, -0.1) is 0 Å². The van der Waals surface area contributed by atoms with Gasteiger partial charge in [0.25, 0.3) is 0 Å². The number of imidazole rings is 1. The molecule has 146 valence electrons. The molecular weight excluding hydrogens is 342 g/mol. The van der Waals surface area contributed by atoms with Crippen LogP contribution in [0.1, 0.15) is 32.5 Å². The Morgan fingerprint density at radius 2 is 2.19 bits per heavy atom. The molecule has 1 aromatic carbocycles. The van der Waals surface area contributed by atoms with Crippen LogP contribution in [0.25, 0.3) is 11.0 Å². The van der Waals surface area contributed by atoms with E-state index in [0.29, 0.717) is 19.7 Å². The first-order valence-electron chi connectivity index (χ1n) is 9.74. The number of carbonyl (C=O) groups excluding carboxylic acids is 1. The lowest BCUT2D eigenvalue weighted by Crippen LogP contribution is -2.48. The Hall–Kier alpha value is -2.57. The molecule has 1 fully saturated rings. The summed E-state index contributed by atoms with van der Waals surface area (Å²) in [4.78, 5) is 23.8. The summed E-state index contributed by atoms with van der Waals surface area (Å²) in [7, 11) is 2.02. The van der Waals surface area contributed by atoms with Crippen LogP contribution in [0, 0.1) is 5.92 Å². The largest absolute Gasteiger partial charge is 0.466 e. The molecule has 0 spiro atoms. The van der Waals surface area contributed by atoms with Crippen molar-refractivity contribution in [1.29, 1.82) is 0 Å². The monoisotopic (exact) mass is 371 g/mol. The van der Waals surface area contributed by atoms with Gasteiger partial charge in [0.1, 0.15) is 12.4 Å². The quantitative estimate of drug-likeness (QED) is 0.496. The number of hydrogen-bond acceptors (Lipinski definition) is 4. The van der Waals surface area contributed by atoms with Crippen molar-refractivity contribution in [3.63, 3.8) is 0 Å². The van der Waals surface area contributed by atoms with Gasteiger partial charge in [0.15, 0.2) is 5.96 Å². The molecule has 0 amide bonds. The average Bonchev–Trinajstić information content (AvgIpc) is 3.01. The second-order valence-electron chi connectivity index (χ2n) is 6.78. The molecule has 0 aliphatic carbocycles. The number of aromatic nitrogens is 2. The number of aryl methyl sites for hydroxylation is 1. The smallest absolute Gasteiger partial charge is 0.310 e. The van der Waals surface area contributed by atoms with E-state index in [9.17, 15) is 4.79 Å². The first kappa shape index (κ1) is 19.2. The number of esters is 1. The minimum atomic E-state index is -0.103. The van der Waals surface area contributed by atoms with E-state index in [1.54, 1.807) is 0 Å². The molecular formula is C20H29N5O2. The fraction of sp³-hybridized carbons (Fsp3) is 0.550. The average molecular weight is 371 g/mol. The summed E-state index contributed by atoms with van der Waals surface area (Å²) in [6.07, 6.45) is 1.83. The van der Waals surface area contributed by atoms with Crippen LogP contribution in [-0.4, -0.2) is 52.6 Å². The Balaban J connectivity index is 1.75. The molecule has 0 radical (unpaired) electrons. The highest BCUT2D eigenvalue weighted by Gasteiger charge is 2.28. The Morgan fingerprint density at radius 1 is 1.37 bits per heavy atom. The summed E-state index contributed by atoms with van der Waals surface area (Å²) in [6, 6.07) is 8.09. The van der Waals surface area contributed by atoms with E-state index in [-0.39, 0.29) is 11.9 Å². The number of fused-ring (bicyclic) bond motifs is 1. The van der Waals surface area contributed by atoms with Gasteiger partial charge in [-0.25, -0.2) is 9.98 Å². The molecule has 7 nitrogen and oxygen atoms in total. The topological polar surface area (TPSA) is 71.8 Å². The van der Waals surface area contributed by atoms with Crippen LogP contribution >= 0.6 is 0 Å². The molecule has 1 aromatic heterocycles. The van der Waals surface area contributed by atoms with Crippen molar-refractivity contribution in [3.05, 3.63) is 30.1 Å². The number of para-hydroxylation sites is 2. The second kappa shape index (κ2) is 8.88. The number of aliphatic imine (C=N–C) groups is 1. The first-order valence-corrected chi connectivity index (χ1v) is 9.74. The molecule has 0 saturated carbocycles. The molecule has 2 heterocycles. The highest BCUT2D eigenvalue weighted by atomic mass is 16.5. The van der Waals surface area contributed by atoms with Gasteiger partial charge in [-0.05, 0) is 38.8 Å². The molecule has 7 heteroatoms. The highest BCUT2D eigenvalue weighted by molar-refractivity contribution is 5.81. The van der Waals surface area contributed by atoms with Crippen LogP contribution in [-0.2, 0) is 23.1 Å². The van der Waals surface area contributed by atoms with Crippen molar-refractivity contribution in [3.8, 4) is 0 Å². The Labute approximate surface area is 160 Å². The summed E-state index contributed by atoms with van der Waals surface area (Å²) >= 11 is 0. The third-order valence-corrected chi connectivity index (χ3v) is 4.93. The van der Waals surface area contributed by atoms with Gasteiger partial charge in [0.05, 0.1) is 23.6 Å². The van der Waals surface area contributed by atoms with Gasteiger partial charge in [-0.3, -0.25) is 4.79 Å². The van der Waals surface area contributed by atoms with Gasteiger partial charge in [0.2, 0.25) is 0 Å². The SMILES string of the molecule is CCNC(=NCc1nc2ccccc2n1C)N1CCCC(C(=O)OCC)C1. The van der Waals surface area contributed by atoms with Crippen LogP contribution < -0.4 is 5.32 Å². The van der Waals surface area contributed by atoms with E-state index in [1.807, 2.05) is 32.2 Å². The minimum absolute atomic E-state index is 0.0849. The zero-order chi connectivity index (χ0) is 19.2. The fourth-order valence-electron chi connectivity index (χ4n) is 3.53. The van der Waals surface area contributed by atoms with Crippen LogP contribution in [0.3, 0.4) is 0 Å². The molecule has 0 bridgehead atoms. The van der Waals surface area contributed by atoms with Crippen LogP contribution in [0.5, 0.6) is 0 Å². The van der Waals surface area contributed by atoms with Gasteiger partial charge < -0.3 is 19.5 Å². The number of guanidine groups is 1. The van der Waals surface area contributed by atoms with Crippen LogP contribution in [0.15, 0.2) is 29.3 Å². The number of carbonyl (C=O) groups is 1. The van der Waals surface area contributed by atoms with E-state index in [0.717, 1.165) is 48.7 Å². The predicted molar refractivity (Wildman–Crippen MR) is 106 cm³/mol. The fourth-order valence-corrected chi connectivity index (χ4v) is 3.53. The number of benzene rings is 1. The zero-order valence-corrected chi connectivity index (χ0v) is 16.4. The third-order valence-electron chi connectivity index (χ3n) is 4.93. The van der Waals surface area contributed by atoms with Gasteiger partial charge in [-0.1, -0.05) is 12.1 Å². The van der Waals surface area contributed by atoms with Crippen LogP contribution in [0.2, 0.25) is 0 Å². The molecule has 2 aromatic rings. The van der Waals surface area contributed by atoms with Crippen LogP contribution in [0.4, 0.5) is 0 Å². The van der Waals surface area contributed by atoms with Gasteiger partial charge in [0, 0.05) is 26.7 Å². The van der Waals surface area contributed by atoms with E-state index in [1.165, 1.54) is 0 Å². The Kier molecular flexibility index (Phi) is 6.32. The maximum Gasteiger partial charge on any atom is 0.310 e. The van der Waals surface area contributed by atoms with E-state index < -0.39 is 0 Å². The van der Waals surface area contributed by atoms with E-state index >= 15 is 0 Å². The second-order valence-corrected chi connectivity index (χ2v) is 6.78. The van der Waals surface area contributed by atoms with Crippen molar-refractivity contribution in [2.75, 3.05) is 26.2 Å². The van der Waals surface area contributed by atoms with Crippen molar-refractivity contribution in [1.82, 2.24) is 19.8 Å². The summed E-state index contributed by atoms with van der Waals surface area (Å²) < 4.78 is 7.29. The normalized spacial score (nSPS) is 18.0. The number of nitrogens with one attached hydrogen (secondary N) is 1. The van der Waals surface area contributed by atoms with Crippen molar-refractivity contribution in [2.45, 2.75) is 33.2 Å². The number of piperidine rings is 1. The summed E-state index contributed by atoms with van der Waals surface area (Å²) in [5.41, 5.74) is 2.09. The lowest BCUT2D eigenvalue weighted by atomic mass is 9.98. The van der Waals surface area contributed by atoms with E-state index in [2.05, 4.69) is 27.8 Å². The maximum atomic E-state index is 12.1. The number of ether oxygens (including phenoxy) is 1. The third kappa shape index (κ3) is 4.40. The molecule has 1 unspecified atom stereocenters. The Morgan fingerprint density at radius 3 is 2.93 bits per heavy atom. The number of likely N-dealkylation sites (tertiary alicyclic amines) is 1. The zero-order valence-electron chi connectivity index (χ0n) is 16.4. The van der Waals surface area contributed by atoms with Crippen molar-refractivity contribution in [2.24, 2.45) is 18.0 Å². The molecule has 1 N–H and O–H groups in total. The Bertz CT molecular complexity index is 814. The number of nitrogens with zero attached hydrogens (tertiary/aromatic N) is 4. The lowest BCUT2D eigenvalue weighted by molar-refractivity contribution is -0.149. The molecule has 1 saturated heterocycles. The summed E-state index contributed by atoms with van der Waals surface area (Å²) in [5, 5.41) is 3.35. The number of hydrogen-bond donors (Lipinski definition) is 1. The predicted octanol–water partition coefficient (Wildman–Crippen LogP) is 2.31. The summed E-state index contributed by atoms with van der Waals surface area (Å²) in [6.45, 7) is 7.14. The first-order chi connectivity index (χ1) is 13.1. The molecule has 1 atom stereocenters. The molecule has 1 aliphatic heterocycles. The minimum Gasteiger partial charge on any atom is -0.466 e.